The molecule has 1 saturated carbocycles. The van der Waals surface area contributed by atoms with Crippen LogP contribution in [-0.4, -0.2) is 15.1 Å². The summed E-state index contributed by atoms with van der Waals surface area (Å²) in [6.07, 6.45) is 0.840. The zero-order valence-corrected chi connectivity index (χ0v) is 7.61. The highest BCUT2D eigenvalue weighted by atomic mass is 19.1. The van der Waals surface area contributed by atoms with Gasteiger partial charge in [0.2, 0.25) is 5.82 Å². The molecular weight excluding hydrogens is 205 g/mol. The molecule has 2 rings (SSSR count). The fourth-order valence-electron chi connectivity index (χ4n) is 1.45. The number of nitro benzene ring substituents is 1. The van der Waals surface area contributed by atoms with Gasteiger partial charge in [-0.1, -0.05) is 0 Å². The van der Waals surface area contributed by atoms with E-state index in [0.29, 0.717) is 18.9 Å². The highest BCUT2D eigenvalue weighted by Gasteiger charge is 2.45. The van der Waals surface area contributed by atoms with Crippen LogP contribution in [0.4, 0.5) is 10.1 Å². The van der Waals surface area contributed by atoms with Gasteiger partial charge in [0.1, 0.15) is 5.75 Å². The normalized spacial score (nSPS) is 17.5. The maximum Gasteiger partial charge on any atom is 0.305 e. The summed E-state index contributed by atoms with van der Waals surface area (Å²) in [5, 5.41) is 29.5. The van der Waals surface area contributed by atoms with Crippen LogP contribution in [0.3, 0.4) is 0 Å². The van der Waals surface area contributed by atoms with E-state index in [-0.39, 0.29) is 5.56 Å². The number of hydrogen-bond donors (Lipinski definition) is 2. The zero-order chi connectivity index (χ0) is 11.2. The lowest BCUT2D eigenvalue weighted by Crippen LogP contribution is -2.06. The second-order valence-corrected chi connectivity index (χ2v) is 3.61. The van der Waals surface area contributed by atoms with Crippen molar-refractivity contribution in [2.24, 2.45) is 0 Å². The van der Waals surface area contributed by atoms with Gasteiger partial charge in [-0.05, 0) is 12.8 Å². The Labute approximate surface area is 83.9 Å². The van der Waals surface area contributed by atoms with E-state index in [2.05, 4.69) is 0 Å². The average molecular weight is 213 g/mol. The molecule has 6 heteroatoms. The quantitative estimate of drug-likeness (QED) is 0.574. The van der Waals surface area contributed by atoms with Crippen LogP contribution in [0.25, 0.3) is 0 Å². The number of hydrogen-bond acceptors (Lipinski definition) is 4. The lowest BCUT2D eigenvalue weighted by atomic mass is 10.1. The summed E-state index contributed by atoms with van der Waals surface area (Å²) >= 11 is 0. The molecule has 1 aliphatic rings. The third-order valence-corrected chi connectivity index (χ3v) is 2.49. The second kappa shape index (κ2) is 2.90. The molecule has 1 aromatic carbocycles. The van der Waals surface area contributed by atoms with E-state index in [1.54, 1.807) is 0 Å². The van der Waals surface area contributed by atoms with E-state index in [9.17, 15) is 24.7 Å². The topological polar surface area (TPSA) is 83.6 Å². The fourth-order valence-corrected chi connectivity index (χ4v) is 1.45. The molecule has 0 unspecified atom stereocenters. The Hall–Kier alpha value is -1.69. The predicted molar refractivity (Wildman–Crippen MR) is 47.9 cm³/mol. The first-order valence-electron chi connectivity index (χ1n) is 4.34. The number of nitrogens with zero attached hydrogens (tertiary/aromatic N) is 1. The SMILES string of the molecule is O=[N+]([O-])c1cc(C2(O)CC2)c(O)cc1F. The molecule has 0 bridgehead atoms. The van der Waals surface area contributed by atoms with Gasteiger partial charge in [0.05, 0.1) is 10.5 Å². The maximum atomic E-state index is 13.0. The minimum absolute atomic E-state index is 0.0237. The summed E-state index contributed by atoms with van der Waals surface area (Å²) in [6.45, 7) is 0. The van der Waals surface area contributed by atoms with Crippen LogP contribution in [0, 0.1) is 15.9 Å². The molecule has 5 nitrogen and oxygen atoms in total. The molecule has 0 aliphatic heterocycles. The fraction of sp³-hybridized carbons (Fsp3) is 0.333. The molecule has 0 radical (unpaired) electrons. The molecule has 2 N–H and O–H groups in total. The number of nitro groups is 1. The number of benzene rings is 1. The number of phenolic OH excluding ortho intramolecular Hbond substituents is 1. The van der Waals surface area contributed by atoms with Gasteiger partial charge in [-0.2, -0.15) is 4.39 Å². The van der Waals surface area contributed by atoms with Gasteiger partial charge in [0, 0.05) is 17.7 Å². The molecule has 1 aromatic rings. The van der Waals surface area contributed by atoms with Crippen molar-refractivity contribution in [1.82, 2.24) is 0 Å². The molecule has 0 saturated heterocycles. The van der Waals surface area contributed by atoms with Gasteiger partial charge in [-0.3, -0.25) is 10.1 Å². The molecule has 0 aromatic heterocycles. The van der Waals surface area contributed by atoms with E-state index >= 15 is 0 Å². The van der Waals surface area contributed by atoms with Crippen LogP contribution in [0.5, 0.6) is 5.75 Å². The third-order valence-electron chi connectivity index (χ3n) is 2.49. The second-order valence-electron chi connectivity index (χ2n) is 3.61. The molecule has 0 amide bonds. The number of rotatable bonds is 2. The van der Waals surface area contributed by atoms with E-state index in [1.807, 2.05) is 0 Å². The highest BCUT2D eigenvalue weighted by molar-refractivity contribution is 5.48. The summed E-state index contributed by atoms with van der Waals surface area (Å²) in [4.78, 5) is 9.55. The maximum absolute atomic E-state index is 13.0. The summed E-state index contributed by atoms with van der Waals surface area (Å²) in [7, 11) is 0. The van der Waals surface area contributed by atoms with Crippen LogP contribution in [-0.2, 0) is 5.60 Å². The molecule has 0 heterocycles. The van der Waals surface area contributed by atoms with Crippen molar-refractivity contribution in [1.29, 1.82) is 0 Å². The molecular formula is C9H8FNO4. The van der Waals surface area contributed by atoms with Crippen molar-refractivity contribution in [3.63, 3.8) is 0 Å². The Balaban J connectivity index is 2.56. The summed E-state index contributed by atoms with van der Waals surface area (Å²) in [6, 6.07) is 1.54. The van der Waals surface area contributed by atoms with Gasteiger partial charge in [0.25, 0.3) is 0 Å². The largest absolute Gasteiger partial charge is 0.507 e. The lowest BCUT2D eigenvalue weighted by Gasteiger charge is -2.09. The van der Waals surface area contributed by atoms with E-state index < -0.39 is 27.8 Å². The van der Waals surface area contributed by atoms with E-state index in [4.69, 9.17) is 0 Å². The van der Waals surface area contributed by atoms with Crippen LogP contribution in [0.15, 0.2) is 12.1 Å². The van der Waals surface area contributed by atoms with Crippen molar-refractivity contribution >= 4 is 5.69 Å². The standard InChI is InChI=1S/C9H8FNO4/c10-6-4-8(12)5(9(13)1-2-9)3-7(6)11(14)15/h3-4,12-13H,1-2H2. The first kappa shape index (κ1) is 9.85. The van der Waals surface area contributed by atoms with Crippen LogP contribution in [0.1, 0.15) is 18.4 Å². The van der Waals surface area contributed by atoms with Gasteiger partial charge in [-0.15, -0.1) is 0 Å². The van der Waals surface area contributed by atoms with E-state index in [0.717, 1.165) is 6.07 Å². The van der Waals surface area contributed by atoms with Crippen molar-refractivity contribution in [3.8, 4) is 5.75 Å². The number of aliphatic hydroxyl groups is 1. The predicted octanol–water partition coefficient (Wildman–Crippen LogP) is 1.42. The Kier molecular flexibility index (Phi) is 1.90. The monoisotopic (exact) mass is 213 g/mol. The number of halogens is 1. The van der Waals surface area contributed by atoms with Crippen molar-refractivity contribution in [3.05, 3.63) is 33.6 Å². The third kappa shape index (κ3) is 1.52. The number of aromatic hydroxyl groups is 1. The Bertz CT molecular complexity index is 442. The Morgan fingerprint density at radius 3 is 2.53 bits per heavy atom. The van der Waals surface area contributed by atoms with Crippen LogP contribution < -0.4 is 0 Å². The Morgan fingerprint density at radius 2 is 2.07 bits per heavy atom. The molecule has 1 aliphatic carbocycles. The van der Waals surface area contributed by atoms with Crippen molar-refractivity contribution in [2.45, 2.75) is 18.4 Å². The first-order chi connectivity index (χ1) is 6.94. The van der Waals surface area contributed by atoms with Gasteiger partial charge < -0.3 is 10.2 Å². The first-order valence-corrected chi connectivity index (χ1v) is 4.34. The smallest absolute Gasteiger partial charge is 0.305 e. The molecule has 0 spiro atoms. The minimum atomic E-state index is -1.22. The average Bonchev–Trinajstić information content (AvgIpc) is 2.83. The summed E-state index contributed by atoms with van der Waals surface area (Å²) in [5.74, 6) is -1.55. The molecule has 80 valence electrons. The molecule has 0 atom stereocenters. The van der Waals surface area contributed by atoms with Crippen molar-refractivity contribution < 1.29 is 19.5 Å². The van der Waals surface area contributed by atoms with Gasteiger partial charge >= 0.3 is 5.69 Å². The lowest BCUT2D eigenvalue weighted by molar-refractivity contribution is -0.387. The van der Waals surface area contributed by atoms with Crippen molar-refractivity contribution in [2.75, 3.05) is 0 Å². The van der Waals surface area contributed by atoms with Crippen LogP contribution in [0.2, 0.25) is 0 Å². The van der Waals surface area contributed by atoms with Gasteiger partial charge in [-0.25, -0.2) is 0 Å². The van der Waals surface area contributed by atoms with E-state index in [1.165, 1.54) is 0 Å². The highest BCUT2D eigenvalue weighted by Crippen LogP contribution is 2.49. The Morgan fingerprint density at radius 1 is 1.47 bits per heavy atom. The zero-order valence-electron chi connectivity index (χ0n) is 7.61. The summed E-state index contributed by atoms with van der Waals surface area (Å²) in [5.41, 5.74) is -1.93. The number of phenols is 1. The molecule has 15 heavy (non-hydrogen) atoms. The van der Waals surface area contributed by atoms with Crippen LogP contribution >= 0.6 is 0 Å². The minimum Gasteiger partial charge on any atom is -0.507 e. The van der Waals surface area contributed by atoms with Gasteiger partial charge in [0.15, 0.2) is 0 Å². The molecule has 1 fully saturated rings. The summed E-state index contributed by atoms with van der Waals surface area (Å²) < 4.78 is 13.0.